The lowest BCUT2D eigenvalue weighted by atomic mass is 9.89. The summed E-state index contributed by atoms with van der Waals surface area (Å²) < 4.78 is 13.4. The predicted molar refractivity (Wildman–Crippen MR) is 192 cm³/mol. The highest BCUT2D eigenvalue weighted by atomic mass is 16.7. The lowest BCUT2D eigenvalue weighted by Crippen LogP contribution is -2.46. The number of carboxylic acids is 1. The number of aliphatic hydroxyl groups is 2. The van der Waals surface area contributed by atoms with Gasteiger partial charge in [-0.25, -0.2) is 0 Å². The lowest BCUT2D eigenvalue weighted by molar-refractivity contribution is -0.276. The van der Waals surface area contributed by atoms with Crippen LogP contribution in [0.5, 0.6) is 0 Å². The van der Waals surface area contributed by atoms with Gasteiger partial charge < -0.3 is 30.1 Å². The van der Waals surface area contributed by atoms with Gasteiger partial charge in [0.2, 0.25) is 5.91 Å². The van der Waals surface area contributed by atoms with E-state index in [1.807, 2.05) is 117 Å². The highest BCUT2D eigenvalue weighted by molar-refractivity contribution is 5.76. The summed E-state index contributed by atoms with van der Waals surface area (Å²) in [4.78, 5) is 25.0. The van der Waals surface area contributed by atoms with Crippen LogP contribution in [-0.2, 0) is 32.2 Å². The van der Waals surface area contributed by atoms with Gasteiger partial charge in [0.15, 0.2) is 6.29 Å². The van der Waals surface area contributed by atoms with Gasteiger partial charge in [-0.1, -0.05) is 104 Å². The van der Waals surface area contributed by atoms with Crippen molar-refractivity contribution in [2.24, 2.45) is 5.92 Å². The second-order valence-corrected chi connectivity index (χ2v) is 13.2. The SMILES string of the molecule is C[C@@H]1[C@H](CN(C)[C@H](C)[C@@H](O)c2ccccc2)O[C@H](c2ccc(-c3cccc(CNC(=O)CCCC(=O)O)c3)cc2)O[C@@H]1c1ccc(CO)cc1. The number of carbonyl (C=O) groups is 2. The number of benzene rings is 4. The Balaban J connectivity index is 1.31. The van der Waals surface area contributed by atoms with E-state index in [2.05, 4.69) is 17.1 Å². The first-order chi connectivity index (χ1) is 24.1. The lowest BCUT2D eigenvalue weighted by Gasteiger charge is -2.43. The van der Waals surface area contributed by atoms with Crippen LogP contribution in [0.1, 0.15) is 79.4 Å². The monoisotopic (exact) mass is 680 g/mol. The fourth-order valence-corrected chi connectivity index (χ4v) is 6.33. The van der Waals surface area contributed by atoms with Gasteiger partial charge in [0.05, 0.1) is 24.9 Å². The maximum atomic E-state index is 12.2. The molecule has 264 valence electrons. The Morgan fingerprint density at radius 3 is 2.22 bits per heavy atom. The predicted octanol–water partition coefficient (Wildman–Crippen LogP) is 6.56. The summed E-state index contributed by atoms with van der Waals surface area (Å²) in [5, 5.41) is 32.4. The van der Waals surface area contributed by atoms with E-state index < -0.39 is 18.4 Å². The first kappa shape index (κ1) is 36.9. The Kier molecular flexibility index (Phi) is 12.9. The van der Waals surface area contributed by atoms with Gasteiger partial charge in [-0.3, -0.25) is 14.5 Å². The van der Waals surface area contributed by atoms with Crippen molar-refractivity contribution in [1.82, 2.24) is 10.2 Å². The van der Waals surface area contributed by atoms with Crippen molar-refractivity contribution < 1.29 is 34.4 Å². The van der Waals surface area contributed by atoms with E-state index in [4.69, 9.17) is 14.6 Å². The summed E-state index contributed by atoms with van der Waals surface area (Å²) in [7, 11) is 2.01. The zero-order valence-corrected chi connectivity index (χ0v) is 28.9. The van der Waals surface area contributed by atoms with Gasteiger partial charge in [0, 0.05) is 43.5 Å². The molecule has 4 aromatic carbocycles. The fourth-order valence-electron chi connectivity index (χ4n) is 6.33. The average molecular weight is 681 g/mol. The van der Waals surface area contributed by atoms with E-state index in [0.29, 0.717) is 19.5 Å². The molecule has 4 aromatic rings. The van der Waals surface area contributed by atoms with Gasteiger partial charge in [-0.2, -0.15) is 0 Å². The summed E-state index contributed by atoms with van der Waals surface area (Å²) in [6.07, 6.45) is -1.28. The normalized spacial score (nSPS) is 20.3. The fraction of sp³-hybridized carbons (Fsp3) is 0.366. The van der Waals surface area contributed by atoms with Gasteiger partial charge in [-0.15, -0.1) is 0 Å². The summed E-state index contributed by atoms with van der Waals surface area (Å²) in [5.41, 5.74) is 6.55. The Morgan fingerprint density at radius 2 is 1.54 bits per heavy atom. The van der Waals surface area contributed by atoms with Crippen molar-refractivity contribution in [3.63, 3.8) is 0 Å². The number of amides is 1. The molecule has 4 N–H and O–H groups in total. The maximum absolute atomic E-state index is 12.2. The third-order valence-electron chi connectivity index (χ3n) is 9.61. The van der Waals surface area contributed by atoms with E-state index in [1.165, 1.54) is 0 Å². The van der Waals surface area contributed by atoms with E-state index in [-0.39, 0.29) is 49.5 Å². The molecule has 0 aromatic heterocycles. The molecule has 1 aliphatic heterocycles. The van der Waals surface area contributed by atoms with Crippen LogP contribution in [0.25, 0.3) is 11.1 Å². The third kappa shape index (κ3) is 9.65. The van der Waals surface area contributed by atoms with E-state index in [9.17, 15) is 19.8 Å². The molecule has 50 heavy (non-hydrogen) atoms. The van der Waals surface area contributed by atoms with Gasteiger partial charge in [0.25, 0.3) is 0 Å². The number of likely N-dealkylation sites (N-methyl/N-ethyl adjacent to an activating group) is 1. The number of aliphatic hydroxyl groups excluding tert-OH is 2. The van der Waals surface area contributed by atoms with Crippen molar-refractivity contribution in [3.8, 4) is 11.1 Å². The minimum absolute atomic E-state index is 0.00517. The molecule has 0 unspecified atom stereocenters. The number of carboxylic acid groups (broad SMARTS) is 1. The quantitative estimate of drug-likeness (QED) is 0.111. The average Bonchev–Trinajstić information content (AvgIpc) is 3.14. The van der Waals surface area contributed by atoms with Crippen molar-refractivity contribution in [3.05, 3.63) is 131 Å². The zero-order chi connectivity index (χ0) is 35.6. The zero-order valence-electron chi connectivity index (χ0n) is 28.9. The molecule has 5 rings (SSSR count). The largest absolute Gasteiger partial charge is 0.481 e. The van der Waals surface area contributed by atoms with Crippen LogP contribution >= 0.6 is 0 Å². The van der Waals surface area contributed by atoms with Crippen molar-refractivity contribution >= 4 is 11.9 Å². The van der Waals surface area contributed by atoms with Crippen LogP contribution in [0.3, 0.4) is 0 Å². The van der Waals surface area contributed by atoms with Crippen LogP contribution in [0.15, 0.2) is 103 Å². The number of carbonyl (C=O) groups excluding carboxylic acids is 1. The van der Waals surface area contributed by atoms with Crippen LogP contribution in [0, 0.1) is 5.92 Å². The minimum atomic E-state index is -0.904. The number of ether oxygens (including phenoxy) is 2. The first-order valence-corrected chi connectivity index (χ1v) is 17.2. The van der Waals surface area contributed by atoms with Crippen LogP contribution < -0.4 is 5.32 Å². The molecule has 1 heterocycles. The topological polar surface area (TPSA) is 129 Å². The van der Waals surface area contributed by atoms with Crippen LogP contribution in [0.4, 0.5) is 0 Å². The number of hydrogen-bond donors (Lipinski definition) is 4. The molecule has 0 saturated carbocycles. The molecule has 1 aliphatic rings. The Labute approximate surface area is 294 Å². The molecule has 1 saturated heterocycles. The van der Waals surface area contributed by atoms with Crippen molar-refractivity contribution in [1.29, 1.82) is 0 Å². The maximum Gasteiger partial charge on any atom is 0.303 e. The summed E-state index contributed by atoms with van der Waals surface area (Å²) >= 11 is 0. The number of nitrogens with zero attached hydrogens (tertiary/aromatic N) is 1. The van der Waals surface area contributed by atoms with Crippen molar-refractivity contribution in [2.45, 2.75) is 76.9 Å². The molecule has 0 radical (unpaired) electrons. The van der Waals surface area contributed by atoms with E-state index >= 15 is 0 Å². The number of rotatable bonds is 15. The number of nitrogens with one attached hydrogen (secondary N) is 1. The highest BCUT2D eigenvalue weighted by Crippen LogP contribution is 2.42. The summed E-state index contributed by atoms with van der Waals surface area (Å²) in [6.45, 7) is 5.07. The van der Waals surface area contributed by atoms with Gasteiger partial charge >= 0.3 is 5.97 Å². The highest BCUT2D eigenvalue weighted by Gasteiger charge is 2.39. The molecule has 0 aliphatic carbocycles. The summed E-state index contributed by atoms with van der Waals surface area (Å²) in [6, 6.07) is 33.4. The number of hydrogen-bond acceptors (Lipinski definition) is 7. The van der Waals surface area contributed by atoms with Crippen LogP contribution in [-0.4, -0.2) is 57.8 Å². The molecule has 6 atom stereocenters. The smallest absolute Gasteiger partial charge is 0.303 e. The van der Waals surface area contributed by atoms with Gasteiger partial charge in [0.1, 0.15) is 0 Å². The second kappa shape index (κ2) is 17.5. The standard InChI is InChI=1S/C41H48N2O7/c1-27-36(25-43(3)28(2)39(48)32-10-5-4-6-11-32)49-41(50-40(27)33-17-15-29(26-44)16-18-33)34-21-19-31(20-22-34)35-12-7-9-30(23-35)24-42-37(45)13-8-14-38(46)47/h4-7,9-12,15-23,27-28,36,39-41,44,48H,8,13-14,24-26H2,1-3H3,(H,42,45)(H,46,47)/t27-,28-,36+,39-,40+,41+/m1/s1. The Morgan fingerprint density at radius 1 is 0.840 bits per heavy atom. The number of aliphatic carboxylic acids is 1. The molecule has 9 heteroatoms. The molecule has 1 amide bonds. The summed E-state index contributed by atoms with van der Waals surface area (Å²) in [5.74, 6) is -1.08. The minimum Gasteiger partial charge on any atom is -0.481 e. The molecule has 0 spiro atoms. The van der Waals surface area contributed by atoms with E-state index in [0.717, 1.165) is 38.9 Å². The van der Waals surface area contributed by atoms with Gasteiger partial charge in [-0.05, 0) is 59.8 Å². The Bertz CT molecular complexity index is 1680. The molecule has 1 fully saturated rings. The third-order valence-corrected chi connectivity index (χ3v) is 9.61. The molecule has 0 bridgehead atoms. The molecule has 9 nitrogen and oxygen atoms in total. The molecular formula is C41H48N2O7. The van der Waals surface area contributed by atoms with Crippen LogP contribution in [0.2, 0.25) is 0 Å². The molecular weight excluding hydrogens is 632 g/mol. The Hall–Kier alpha value is -4.38. The first-order valence-electron chi connectivity index (χ1n) is 17.2. The van der Waals surface area contributed by atoms with E-state index in [1.54, 1.807) is 0 Å². The second-order valence-electron chi connectivity index (χ2n) is 13.2. The van der Waals surface area contributed by atoms with Crippen molar-refractivity contribution in [2.75, 3.05) is 13.6 Å².